The standard InChI is InChI=1S/C14H20N2O3S.C2HF3O2/c1-15(2)11-3-5-16(12(8-11)14(18)19)13(17)7-10-4-6-20-9-10;3-2(4,5)1(6)7/h4,6,9,11-12H,3,5,7-8H2,1-2H3,(H,18,19);(H,6,7). The van der Waals surface area contributed by atoms with Gasteiger partial charge in [0, 0.05) is 12.6 Å². The normalized spacial score (nSPS) is 20.0. The minimum atomic E-state index is -5.08. The lowest BCUT2D eigenvalue weighted by atomic mass is 9.95. The van der Waals surface area contributed by atoms with Crippen LogP contribution in [0.25, 0.3) is 0 Å². The van der Waals surface area contributed by atoms with Gasteiger partial charge in [0.25, 0.3) is 0 Å². The van der Waals surface area contributed by atoms with Gasteiger partial charge in [0.15, 0.2) is 0 Å². The second-order valence-electron chi connectivity index (χ2n) is 6.19. The summed E-state index contributed by atoms with van der Waals surface area (Å²) in [4.78, 5) is 36.2. The molecule has 27 heavy (non-hydrogen) atoms. The fraction of sp³-hybridized carbons (Fsp3) is 0.562. The van der Waals surface area contributed by atoms with Crippen molar-refractivity contribution in [2.24, 2.45) is 0 Å². The van der Waals surface area contributed by atoms with Crippen LogP contribution in [0.4, 0.5) is 13.2 Å². The molecule has 1 aliphatic rings. The summed E-state index contributed by atoms with van der Waals surface area (Å²) >= 11 is 1.55. The van der Waals surface area contributed by atoms with E-state index in [4.69, 9.17) is 9.90 Å². The molecule has 1 fully saturated rings. The molecule has 1 aliphatic heterocycles. The molecular formula is C16H21F3N2O5S. The van der Waals surface area contributed by atoms with Crippen molar-refractivity contribution in [1.82, 2.24) is 9.80 Å². The Hall–Kier alpha value is -2.14. The molecule has 0 aromatic carbocycles. The lowest BCUT2D eigenvalue weighted by Gasteiger charge is -2.39. The molecule has 2 N–H and O–H groups in total. The van der Waals surface area contributed by atoms with Gasteiger partial charge in [-0.05, 0) is 49.3 Å². The number of thiophene rings is 1. The van der Waals surface area contributed by atoms with Crippen molar-refractivity contribution in [3.63, 3.8) is 0 Å². The zero-order chi connectivity index (χ0) is 20.8. The molecule has 0 radical (unpaired) electrons. The number of amides is 1. The van der Waals surface area contributed by atoms with E-state index in [1.54, 1.807) is 11.3 Å². The van der Waals surface area contributed by atoms with E-state index in [-0.39, 0.29) is 11.9 Å². The highest BCUT2D eigenvalue weighted by Crippen LogP contribution is 2.22. The van der Waals surface area contributed by atoms with Gasteiger partial charge in [-0.25, -0.2) is 9.59 Å². The predicted molar refractivity (Wildman–Crippen MR) is 91.6 cm³/mol. The monoisotopic (exact) mass is 410 g/mol. The van der Waals surface area contributed by atoms with Crippen LogP contribution < -0.4 is 0 Å². The highest BCUT2D eigenvalue weighted by molar-refractivity contribution is 7.08. The van der Waals surface area contributed by atoms with Crippen LogP contribution in [-0.2, 0) is 20.8 Å². The Kier molecular flexibility index (Phi) is 8.22. The first kappa shape index (κ1) is 22.9. The maximum atomic E-state index is 12.3. The second kappa shape index (κ2) is 9.70. The molecule has 152 valence electrons. The minimum Gasteiger partial charge on any atom is -0.480 e. The maximum absolute atomic E-state index is 12.3. The van der Waals surface area contributed by atoms with E-state index in [0.717, 1.165) is 12.0 Å². The van der Waals surface area contributed by atoms with E-state index in [9.17, 15) is 27.9 Å². The topological polar surface area (TPSA) is 98.2 Å². The summed E-state index contributed by atoms with van der Waals surface area (Å²) in [6.07, 6.45) is -3.47. The highest BCUT2D eigenvalue weighted by Gasteiger charge is 2.38. The molecule has 2 heterocycles. The summed E-state index contributed by atoms with van der Waals surface area (Å²) in [7, 11) is 3.90. The van der Waals surface area contributed by atoms with Gasteiger partial charge in [0.1, 0.15) is 6.04 Å². The average Bonchev–Trinajstić information content (AvgIpc) is 3.06. The maximum Gasteiger partial charge on any atom is 0.490 e. The van der Waals surface area contributed by atoms with Crippen molar-refractivity contribution in [2.45, 2.75) is 37.5 Å². The molecule has 0 saturated carbocycles. The van der Waals surface area contributed by atoms with Crippen LogP contribution in [0, 0.1) is 0 Å². The number of carboxylic acid groups (broad SMARTS) is 2. The summed E-state index contributed by atoms with van der Waals surface area (Å²) in [5, 5.41) is 20.4. The lowest BCUT2D eigenvalue weighted by molar-refractivity contribution is -0.192. The highest BCUT2D eigenvalue weighted by atomic mass is 32.1. The van der Waals surface area contributed by atoms with Crippen molar-refractivity contribution in [3.8, 4) is 0 Å². The molecule has 2 atom stereocenters. The van der Waals surface area contributed by atoms with Crippen molar-refractivity contribution >= 4 is 29.2 Å². The van der Waals surface area contributed by atoms with Crippen LogP contribution in [0.15, 0.2) is 16.8 Å². The van der Waals surface area contributed by atoms with Gasteiger partial charge in [-0.2, -0.15) is 24.5 Å². The number of aliphatic carboxylic acids is 2. The van der Waals surface area contributed by atoms with Gasteiger partial charge in [-0.1, -0.05) is 0 Å². The Morgan fingerprint density at radius 1 is 1.30 bits per heavy atom. The Morgan fingerprint density at radius 3 is 2.30 bits per heavy atom. The zero-order valence-corrected chi connectivity index (χ0v) is 15.6. The van der Waals surface area contributed by atoms with Crippen molar-refractivity contribution < 1.29 is 37.8 Å². The smallest absolute Gasteiger partial charge is 0.480 e. The molecule has 7 nitrogen and oxygen atoms in total. The molecule has 0 spiro atoms. The van der Waals surface area contributed by atoms with Crippen LogP contribution in [-0.4, -0.2) is 76.8 Å². The second-order valence-corrected chi connectivity index (χ2v) is 6.97. The van der Waals surface area contributed by atoms with Crippen LogP contribution in [0.3, 0.4) is 0 Å². The van der Waals surface area contributed by atoms with Crippen LogP contribution in [0.1, 0.15) is 18.4 Å². The summed E-state index contributed by atoms with van der Waals surface area (Å²) in [6, 6.07) is 1.42. The molecule has 1 saturated heterocycles. The van der Waals surface area contributed by atoms with E-state index in [0.29, 0.717) is 19.4 Å². The van der Waals surface area contributed by atoms with E-state index in [1.165, 1.54) is 4.90 Å². The summed E-state index contributed by atoms with van der Waals surface area (Å²) < 4.78 is 31.7. The third-order valence-electron chi connectivity index (χ3n) is 4.09. The molecular weight excluding hydrogens is 389 g/mol. The zero-order valence-electron chi connectivity index (χ0n) is 14.8. The van der Waals surface area contributed by atoms with Crippen LogP contribution in [0.2, 0.25) is 0 Å². The first-order valence-corrected chi connectivity index (χ1v) is 8.87. The number of halogens is 3. The summed E-state index contributed by atoms with van der Waals surface area (Å²) in [5.74, 6) is -3.75. The van der Waals surface area contributed by atoms with Gasteiger partial charge in [-0.3, -0.25) is 4.79 Å². The Labute approximate surface area is 158 Å². The van der Waals surface area contributed by atoms with Crippen LogP contribution in [0.5, 0.6) is 0 Å². The molecule has 2 unspecified atom stereocenters. The van der Waals surface area contributed by atoms with E-state index in [1.807, 2.05) is 35.8 Å². The number of hydrogen-bond acceptors (Lipinski definition) is 5. The molecule has 0 aliphatic carbocycles. The molecule has 1 aromatic rings. The number of carbonyl (C=O) groups excluding carboxylic acids is 1. The molecule has 1 aromatic heterocycles. The van der Waals surface area contributed by atoms with Gasteiger partial charge in [0.2, 0.25) is 5.91 Å². The number of piperidine rings is 1. The third-order valence-corrected chi connectivity index (χ3v) is 4.82. The van der Waals surface area contributed by atoms with Crippen molar-refractivity contribution in [3.05, 3.63) is 22.4 Å². The number of carboxylic acids is 2. The first-order chi connectivity index (χ1) is 12.4. The summed E-state index contributed by atoms with van der Waals surface area (Å²) in [5.41, 5.74) is 0.957. The summed E-state index contributed by atoms with van der Waals surface area (Å²) in [6.45, 7) is 0.517. The first-order valence-electron chi connectivity index (χ1n) is 7.93. The van der Waals surface area contributed by atoms with E-state index in [2.05, 4.69) is 0 Å². The molecule has 0 bridgehead atoms. The number of alkyl halides is 3. The number of nitrogens with zero attached hydrogens (tertiary/aromatic N) is 2. The fourth-order valence-corrected chi connectivity index (χ4v) is 3.29. The predicted octanol–water partition coefficient (Wildman–Crippen LogP) is 1.93. The van der Waals surface area contributed by atoms with E-state index < -0.39 is 24.2 Å². The molecule has 1 amide bonds. The van der Waals surface area contributed by atoms with Gasteiger partial charge in [-0.15, -0.1) is 0 Å². The quantitative estimate of drug-likeness (QED) is 0.787. The van der Waals surface area contributed by atoms with Gasteiger partial charge < -0.3 is 20.0 Å². The SMILES string of the molecule is CN(C)C1CCN(C(=O)Cc2ccsc2)C(C(=O)O)C1.O=C(O)C(F)(F)F. The van der Waals surface area contributed by atoms with Gasteiger partial charge >= 0.3 is 18.1 Å². The number of likely N-dealkylation sites (tertiary alicyclic amines) is 1. The van der Waals surface area contributed by atoms with Crippen LogP contribution >= 0.6 is 11.3 Å². The number of hydrogen-bond donors (Lipinski definition) is 2. The average molecular weight is 410 g/mol. The van der Waals surface area contributed by atoms with Gasteiger partial charge in [0.05, 0.1) is 6.42 Å². The Bertz CT molecular complexity index is 649. The molecule has 2 rings (SSSR count). The molecule has 11 heteroatoms. The largest absolute Gasteiger partial charge is 0.490 e. The fourth-order valence-electron chi connectivity index (χ4n) is 2.62. The Balaban J connectivity index is 0.000000445. The lowest BCUT2D eigenvalue weighted by Crippen LogP contribution is -2.54. The number of carbonyl (C=O) groups is 3. The number of rotatable bonds is 4. The van der Waals surface area contributed by atoms with Crippen molar-refractivity contribution in [2.75, 3.05) is 20.6 Å². The van der Waals surface area contributed by atoms with E-state index >= 15 is 0 Å². The Morgan fingerprint density at radius 2 is 1.89 bits per heavy atom. The van der Waals surface area contributed by atoms with Crippen molar-refractivity contribution in [1.29, 1.82) is 0 Å². The third kappa shape index (κ3) is 7.18. The minimum absolute atomic E-state index is 0.0898.